The SMILES string of the molecule is CC.CC(CC1CCC(C(C)(C)OCCC(C)(C)C(C)C)CC1)OCCC(C)(C)C(C)C. The van der Waals surface area contributed by atoms with E-state index in [0.717, 1.165) is 32.0 Å². The van der Waals surface area contributed by atoms with E-state index in [1.165, 1.54) is 32.1 Å². The minimum Gasteiger partial charge on any atom is -0.378 e. The van der Waals surface area contributed by atoms with Crippen LogP contribution < -0.4 is 0 Å². The highest BCUT2D eigenvalue weighted by Crippen LogP contribution is 2.40. The molecule has 0 aliphatic heterocycles. The first kappa shape index (κ1) is 31.9. The van der Waals surface area contributed by atoms with Crippen molar-refractivity contribution in [2.75, 3.05) is 13.2 Å². The summed E-state index contributed by atoms with van der Waals surface area (Å²) >= 11 is 0. The van der Waals surface area contributed by atoms with E-state index in [1.54, 1.807) is 0 Å². The first-order valence-electron chi connectivity index (χ1n) is 13.9. The van der Waals surface area contributed by atoms with Gasteiger partial charge in [-0.3, -0.25) is 0 Å². The van der Waals surface area contributed by atoms with Crippen LogP contribution >= 0.6 is 0 Å². The van der Waals surface area contributed by atoms with Crippen LogP contribution in [0.15, 0.2) is 0 Å². The fraction of sp³-hybridized carbons (Fsp3) is 1.00. The first-order valence-corrected chi connectivity index (χ1v) is 13.9. The van der Waals surface area contributed by atoms with Gasteiger partial charge in [-0.15, -0.1) is 0 Å². The van der Waals surface area contributed by atoms with Gasteiger partial charge in [0.05, 0.1) is 11.7 Å². The van der Waals surface area contributed by atoms with Gasteiger partial charge in [0.2, 0.25) is 0 Å². The summed E-state index contributed by atoms with van der Waals surface area (Å²) in [6, 6.07) is 0. The average Bonchev–Trinajstić information content (AvgIpc) is 2.69. The van der Waals surface area contributed by atoms with Crippen LogP contribution in [0.2, 0.25) is 0 Å². The highest BCUT2D eigenvalue weighted by molar-refractivity contribution is 4.85. The molecule has 1 saturated carbocycles. The molecule has 0 saturated heterocycles. The molecule has 1 aliphatic carbocycles. The van der Waals surface area contributed by atoms with E-state index in [1.807, 2.05) is 13.8 Å². The fourth-order valence-electron chi connectivity index (χ4n) is 4.43. The van der Waals surface area contributed by atoms with Crippen molar-refractivity contribution < 1.29 is 9.47 Å². The quantitative estimate of drug-likeness (QED) is 0.276. The number of rotatable bonds is 13. The van der Waals surface area contributed by atoms with E-state index >= 15 is 0 Å². The lowest BCUT2D eigenvalue weighted by Gasteiger charge is -2.40. The molecule has 194 valence electrons. The van der Waals surface area contributed by atoms with Crippen LogP contribution in [0.5, 0.6) is 0 Å². The molecule has 1 rings (SSSR count). The fourth-order valence-corrected chi connectivity index (χ4v) is 4.43. The van der Waals surface area contributed by atoms with Gasteiger partial charge in [0, 0.05) is 13.2 Å². The summed E-state index contributed by atoms with van der Waals surface area (Å²) in [5, 5.41) is 0. The largest absolute Gasteiger partial charge is 0.378 e. The normalized spacial score (nSPS) is 21.5. The average molecular weight is 455 g/mol. The van der Waals surface area contributed by atoms with E-state index in [-0.39, 0.29) is 5.60 Å². The lowest BCUT2D eigenvalue weighted by Crippen LogP contribution is -2.38. The summed E-state index contributed by atoms with van der Waals surface area (Å²) in [4.78, 5) is 0. The van der Waals surface area contributed by atoms with E-state index in [9.17, 15) is 0 Å². The van der Waals surface area contributed by atoms with Crippen molar-refractivity contribution in [2.45, 2.75) is 147 Å². The summed E-state index contributed by atoms with van der Waals surface area (Å²) < 4.78 is 12.7. The molecule has 1 aliphatic rings. The Morgan fingerprint density at radius 3 is 1.56 bits per heavy atom. The molecule has 0 N–H and O–H groups in total. The van der Waals surface area contributed by atoms with Gasteiger partial charge >= 0.3 is 0 Å². The van der Waals surface area contributed by atoms with Crippen molar-refractivity contribution in [3.05, 3.63) is 0 Å². The summed E-state index contributed by atoms with van der Waals surface area (Å²) in [5.41, 5.74) is 0.727. The topological polar surface area (TPSA) is 18.5 Å². The zero-order valence-electron chi connectivity index (χ0n) is 24.6. The molecule has 0 amide bonds. The van der Waals surface area contributed by atoms with Gasteiger partial charge in [-0.2, -0.15) is 0 Å². The Morgan fingerprint density at radius 2 is 1.12 bits per heavy atom. The molecule has 0 bridgehead atoms. The Kier molecular flexibility index (Phi) is 14.3. The van der Waals surface area contributed by atoms with E-state index < -0.39 is 0 Å². The van der Waals surface area contributed by atoms with Gasteiger partial charge in [0.1, 0.15) is 0 Å². The van der Waals surface area contributed by atoms with E-state index in [2.05, 4.69) is 76.2 Å². The van der Waals surface area contributed by atoms with Crippen molar-refractivity contribution in [2.24, 2.45) is 34.5 Å². The summed E-state index contributed by atoms with van der Waals surface area (Å²) in [5.74, 6) is 2.91. The van der Waals surface area contributed by atoms with Crippen molar-refractivity contribution in [1.29, 1.82) is 0 Å². The third kappa shape index (κ3) is 11.4. The molecule has 0 aromatic heterocycles. The lowest BCUT2D eigenvalue weighted by molar-refractivity contribution is -0.0843. The molecule has 0 spiro atoms. The summed E-state index contributed by atoms with van der Waals surface area (Å²) in [6.45, 7) is 31.4. The molecule has 1 unspecified atom stereocenters. The molecule has 1 atom stereocenters. The summed E-state index contributed by atoms with van der Waals surface area (Å²) in [7, 11) is 0. The van der Waals surface area contributed by atoms with Crippen LogP contribution in [-0.4, -0.2) is 24.9 Å². The zero-order valence-corrected chi connectivity index (χ0v) is 24.6. The first-order chi connectivity index (χ1) is 14.7. The molecule has 2 nitrogen and oxygen atoms in total. The molecule has 0 aromatic carbocycles. The third-order valence-corrected chi connectivity index (χ3v) is 8.99. The van der Waals surface area contributed by atoms with Gasteiger partial charge in [-0.1, -0.05) is 69.2 Å². The highest BCUT2D eigenvalue weighted by atomic mass is 16.5. The monoisotopic (exact) mass is 454 g/mol. The number of hydrogen-bond donors (Lipinski definition) is 0. The molecule has 0 radical (unpaired) electrons. The smallest absolute Gasteiger partial charge is 0.0654 e. The van der Waals surface area contributed by atoms with Gasteiger partial charge in [-0.25, -0.2) is 0 Å². The molecule has 32 heavy (non-hydrogen) atoms. The number of ether oxygens (including phenoxy) is 2. The maximum atomic E-state index is 6.45. The van der Waals surface area contributed by atoms with Crippen LogP contribution in [0.1, 0.15) is 135 Å². The predicted molar refractivity (Wildman–Crippen MR) is 143 cm³/mol. The molecule has 1 fully saturated rings. The van der Waals surface area contributed by atoms with E-state index in [4.69, 9.17) is 9.47 Å². The second-order valence-corrected chi connectivity index (χ2v) is 12.9. The Labute approximate surface area is 204 Å². The van der Waals surface area contributed by atoms with Crippen molar-refractivity contribution in [3.8, 4) is 0 Å². The van der Waals surface area contributed by atoms with Crippen LogP contribution in [-0.2, 0) is 9.47 Å². The highest BCUT2D eigenvalue weighted by Gasteiger charge is 2.35. The maximum Gasteiger partial charge on any atom is 0.0654 e. The van der Waals surface area contributed by atoms with Gasteiger partial charge in [0.15, 0.2) is 0 Å². The van der Waals surface area contributed by atoms with E-state index in [0.29, 0.717) is 34.7 Å². The molecule has 0 heterocycles. The molecular formula is C30H62O2. The second-order valence-electron chi connectivity index (χ2n) is 12.9. The van der Waals surface area contributed by atoms with Crippen LogP contribution in [0.3, 0.4) is 0 Å². The molecule has 0 aromatic rings. The Balaban J connectivity index is 0.00000466. The Hall–Kier alpha value is -0.0800. The zero-order chi connectivity index (χ0) is 25.2. The van der Waals surface area contributed by atoms with Gasteiger partial charge in [0.25, 0.3) is 0 Å². The van der Waals surface area contributed by atoms with Crippen LogP contribution in [0, 0.1) is 34.5 Å². The predicted octanol–water partition coefficient (Wildman–Crippen LogP) is 9.55. The maximum absolute atomic E-state index is 6.45. The number of hydrogen-bond acceptors (Lipinski definition) is 2. The van der Waals surface area contributed by atoms with Crippen molar-refractivity contribution in [3.63, 3.8) is 0 Å². The third-order valence-electron chi connectivity index (χ3n) is 8.99. The Bertz CT molecular complexity index is 467. The molecule has 2 heteroatoms. The van der Waals surface area contributed by atoms with Gasteiger partial charge in [-0.05, 0) is 100 Å². The standard InChI is InChI=1S/C28H56O2.C2H6/c1-21(2)26(6,7)16-18-29-23(5)20-24-12-14-25(15-13-24)28(10,11)30-19-17-27(8,9)22(3)4;1-2/h21-25H,12-20H2,1-11H3;1-2H3. The second kappa shape index (κ2) is 14.3. The minimum atomic E-state index is 0.00255. The Morgan fingerprint density at radius 1 is 0.688 bits per heavy atom. The molecular weight excluding hydrogens is 392 g/mol. The van der Waals surface area contributed by atoms with Crippen LogP contribution in [0.25, 0.3) is 0 Å². The van der Waals surface area contributed by atoms with Crippen molar-refractivity contribution in [1.82, 2.24) is 0 Å². The van der Waals surface area contributed by atoms with Crippen molar-refractivity contribution >= 4 is 0 Å². The lowest BCUT2D eigenvalue weighted by atomic mass is 9.73. The minimum absolute atomic E-state index is 0.00255. The summed E-state index contributed by atoms with van der Waals surface area (Å²) in [6.07, 6.45) is 9.18. The van der Waals surface area contributed by atoms with Crippen LogP contribution in [0.4, 0.5) is 0 Å². The van der Waals surface area contributed by atoms with Gasteiger partial charge < -0.3 is 9.47 Å².